The molecule has 0 radical (unpaired) electrons. The van der Waals surface area contributed by atoms with E-state index >= 15 is 0 Å². The lowest BCUT2D eigenvalue weighted by atomic mass is 9.93. The molecule has 0 atom stereocenters. The van der Waals surface area contributed by atoms with Gasteiger partial charge in [0, 0.05) is 49.5 Å². The van der Waals surface area contributed by atoms with Crippen LogP contribution >= 0.6 is 0 Å². The lowest BCUT2D eigenvalue weighted by molar-refractivity contribution is 0.122. The lowest BCUT2D eigenvalue weighted by Gasteiger charge is -2.31. The Kier molecular flexibility index (Phi) is 6.03. The smallest absolute Gasteiger partial charge is 0.149 e. The molecular weight excluding hydrogens is 404 g/mol. The van der Waals surface area contributed by atoms with Gasteiger partial charge in [0.05, 0.1) is 36.2 Å². The van der Waals surface area contributed by atoms with Gasteiger partial charge in [0.1, 0.15) is 17.1 Å². The van der Waals surface area contributed by atoms with Crippen molar-refractivity contribution in [1.82, 2.24) is 19.9 Å². The summed E-state index contributed by atoms with van der Waals surface area (Å²) in [5, 5.41) is 3.59. The van der Waals surface area contributed by atoms with Gasteiger partial charge in [0.25, 0.3) is 0 Å². The van der Waals surface area contributed by atoms with E-state index in [1.807, 2.05) is 20.0 Å². The number of nitrogens with one attached hydrogen (secondary N) is 1. The second kappa shape index (κ2) is 9.24. The molecule has 0 amide bonds. The van der Waals surface area contributed by atoms with Gasteiger partial charge < -0.3 is 19.7 Å². The summed E-state index contributed by atoms with van der Waals surface area (Å²) < 4.78 is 12.0. The van der Waals surface area contributed by atoms with Crippen LogP contribution in [0.5, 0.6) is 5.75 Å². The lowest BCUT2D eigenvalue weighted by Crippen LogP contribution is -2.36. The molecule has 32 heavy (non-hydrogen) atoms. The summed E-state index contributed by atoms with van der Waals surface area (Å²) in [5.74, 6) is 1.72. The normalized spacial score (nSPS) is 21.5. The monoisotopic (exact) mass is 434 g/mol. The Labute approximate surface area is 188 Å². The molecule has 3 aromatic rings. The highest BCUT2D eigenvalue weighted by Crippen LogP contribution is 2.33. The molecule has 1 N–H and O–H groups in total. The van der Waals surface area contributed by atoms with Crippen LogP contribution in [0.25, 0.3) is 11.0 Å². The summed E-state index contributed by atoms with van der Waals surface area (Å²) in [7, 11) is 0. The second-order valence-electron chi connectivity index (χ2n) is 8.65. The van der Waals surface area contributed by atoms with E-state index in [2.05, 4.69) is 42.3 Å². The van der Waals surface area contributed by atoms with Gasteiger partial charge in [-0.15, -0.1) is 0 Å². The third-order valence-corrected chi connectivity index (χ3v) is 6.28. The van der Waals surface area contributed by atoms with E-state index < -0.39 is 0 Å². The Morgan fingerprint density at radius 2 is 1.78 bits per heavy atom. The molecule has 168 valence electrons. The van der Waals surface area contributed by atoms with E-state index in [0.29, 0.717) is 6.04 Å². The molecule has 1 aliphatic heterocycles. The average Bonchev–Trinajstić information content (AvgIpc) is 2.83. The first-order chi connectivity index (χ1) is 15.7. The number of hydrogen-bond acceptors (Lipinski definition) is 8. The van der Waals surface area contributed by atoms with Crippen molar-refractivity contribution >= 4 is 22.5 Å². The van der Waals surface area contributed by atoms with Gasteiger partial charge in [0.2, 0.25) is 0 Å². The van der Waals surface area contributed by atoms with E-state index in [0.717, 1.165) is 91.7 Å². The fraction of sp³-hybridized carbons (Fsp3) is 0.500. The Bertz CT molecular complexity index is 1080. The van der Waals surface area contributed by atoms with E-state index in [9.17, 15) is 0 Å². The fourth-order valence-electron chi connectivity index (χ4n) is 4.49. The molecule has 1 saturated heterocycles. The molecule has 1 aliphatic carbocycles. The van der Waals surface area contributed by atoms with Gasteiger partial charge in [0.15, 0.2) is 0 Å². The Hall–Kier alpha value is -3.00. The molecule has 8 heteroatoms. The maximum atomic E-state index is 6.53. The number of rotatable bonds is 5. The van der Waals surface area contributed by atoms with Gasteiger partial charge >= 0.3 is 0 Å². The van der Waals surface area contributed by atoms with Crippen molar-refractivity contribution in [2.45, 2.75) is 51.7 Å². The molecule has 0 unspecified atom stereocenters. The van der Waals surface area contributed by atoms with Crippen molar-refractivity contribution in [1.29, 1.82) is 0 Å². The zero-order chi connectivity index (χ0) is 21.9. The Morgan fingerprint density at radius 3 is 2.59 bits per heavy atom. The van der Waals surface area contributed by atoms with Crippen molar-refractivity contribution in [3.05, 3.63) is 42.1 Å². The van der Waals surface area contributed by atoms with Crippen molar-refractivity contribution in [2.24, 2.45) is 0 Å². The van der Waals surface area contributed by atoms with E-state index in [1.165, 1.54) is 0 Å². The maximum Gasteiger partial charge on any atom is 0.149 e. The molecule has 1 aromatic carbocycles. The van der Waals surface area contributed by atoms with Crippen LogP contribution in [0, 0.1) is 13.8 Å². The number of morpholine rings is 1. The van der Waals surface area contributed by atoms with Gasteiger partial charge in [-0.1, -0.05) is 0 Å². The number of fused-ring (bicyclic) bond motifs is 1. The minimum Gasteiger partial charge on any atom is -0.488 e. The highest BCUT2D eigenvalue weighted by molar-refractivity contribution is 5.85. The molecule has 2 fully saturated rings. The number of aromatic nitrogens is 4. The standard InChI is InChI=1S/C24H30N6O2/c1-16-15-27-17(2)24(28-16)29-18-3-5-20(6-4-18)32-22-14-19(30-9-11-31-12-10-30)13-21-23(22)26-8-7-25-21/h7-8,13-15,18,20H,3-6,9-12H2,1-2H3,(H,28,29). The topological polar surface area (TPSA) is 85.3 Å². The first kappa shape index (κ1) is 20.9. The Morgan fingerprint density at radius 1 is 1.00 bits per heavy atom. The largest absolute Gasteiger partial charge is 0.488 e. The number of ether oxygens (including phenoxy) is 2. The minimum absolute atomic E-state index is 0.169. The summed E-state index contributed by atoms with van der Waals surface area (Å²) >= 11 is 0. The third-order valence-electron chi connectivity index (χ3n) is 6.28. The van der Waals surface area contributed by atoms with Crippen LogP contribution < -0.4 is 15.0 Å². The summed E-state index contributed by atoms with van der Waals surface area (Å²) in [6.07, 6.45) is 9.49. The summed E-state index contributed by atoms with van der Waals surface area (Å²) in [4.78, 5) is 20.5. The van der Waals surface area contributed by atoms with Gasteiger partial charge in [-0.2, -0.15) is 0 Å². The van der Waals surface area contributed by atoms with Crippen LogP contribution in [0.4, 0.5) is 11.5 Å². The number of anilines is 2. The quantitative estimate of drug-likeness (QED) is 0.651. The fourth-order valence-corrected chi connectivity index (χ4v) is 4.49. The van der Waals surface area contributed by atoms with Crippen molar-refractivity contribution in [2.75, 3.05) is 36.5 Å². The van der Waals surface area contributed by atoms with Gasteiger partial charge in [-0.05, 0) is 45.6 Å². The number of benzene rings is 1. The predicted molar refractivity (Wildman–Crippen MR) is 124 cm³/mol. The molecule has 8 nitrogen and oxygen atoms in total. The summed E-state index contributed by atoms with van der Waals surface area (Å²) in [6.45, 7) is 7.22. The first-order valence-corrected chi connectivity index (χ1v) is 11.5. The van der Waals surface area contributed by atoms with E-state index in [4.69, 9.17) is 9.47 Å². The first-order valence-electron chi connectivity index (χ1n) is 11.5. The number of nitrogens with zero attached hydrogens (tertiary/aromatic N) is 5. The number of hydrogen-bond donors (Lipinski definition) is 1. The zero-order valence-electron chi connectivity index (χ0n) is 18.8. The highest BCUT2D eigenvalue weighted by atomic mass is 16.5. The molecule has 2 aliphatic rings. The number of aryl methyl sites for hydroxylation is 2. The van der Waals surface area contributed by atoms with E-state index in [1.54, 1.807) is 12.4 Å². The molecular formula is C24H30N6O2. The minimum atomic E-state index is 0.169. The van der Waals surface area contributed by atoms with Crippen molar-refractivity contribution in [3.8, 4) is 5.75 Å². The molecule has 0 bridgehead atoms. The van der Waals surface area contributed by atoms with Crippen molar-refractivity contribution < 1.29 is 9.47 Å². The van der Waals surface area contributed by atoms with Crippen LogP contribution in [0.15, 0.2) is 30.7 Å². The predicted octanol–water partition coefficient (Wildman–Crippen LogP) is 3.68. The van der Waals surface area contributed by atoms with E-state index in [-0.39, 0.29) is 6.10 Å². The van der Waals surface area contributed by atoms with Gasteiger partial charge in [-0.25, -0.2) is 9.97 Å². The summed E-state index contributed by atoms with van der Waals surface area (Å²) in [5.41, 5.74) is 4.70. The molecule has 0 spiro atoms. The van der Waals surface area contributed by atoms with Crippen LogP contribution in [0.3, 0.4) is 0 Å². The highest BCUT2D eigenvalue weighted by Gasteiger charge is 2.25. The Balaban J connectivity index is 1.28. The molecule has 3 heterocycles. The summed E-state index contributed by atoms with van der Waals surface area (Å²) in [6, 6.07) is 4.62. The van der Waals surface area contributed by atoms with Crippen LogP contribution in [-0.2, 0) is 4.74 Å². The molecule has 5 rings (SSSR count). The zero-order valence-corrected chi connectivity index (χ0v) is 18.8. The van der Waals surface area contributed by atoms with Gasteiger partial charge in [-0.3, -0.25) is 9.97 Å². The van der Waals surface area contributed by atoms with Crippen LogP contribution in [-0.4, -0.2) is 58.4 Å². The molecule has 1 saturated carbocycles. The van der Waals surface area contributed by atoms with Crippen LogP contribution in [0.1, 0.15) is 37.1 Å². The third kappa shape index (κ3) is 4.60. The molecule has 2 aromatic heterocycles. The average molecular weight is 435 g/mol. The van der Waals surface area contributed by atoms with Crippen LogP contribution in [0.2, 0.25) is 0 Å². The SMILES string of the molecule is Cc1cnc(C)c(NC2CCC(Oc3cc(N4CCOCC4)cc4nccnc34)CC2)n1. The second-order valence-corrected chi connectivity index (χ2v) is 8.65. The van der Waals surface area contributed by atoms with Crippen molar-refractivity contribution in [3.63, 3.8) is 0 Å². The maximum absolute atomic E-state index is 6.53.